The standard InChI is InChI=1S/C26H27N5O4S/c1-17(2)11-12-27-26(33)25(23-8-5-13-36-23)31(18-9-10-21-22(14-18)35-16-34-21)24(32)15-30-20-7-4-3-6-19(20)28-29-30/h3-10,13-14,17,25H,11-12,15-16H2,1-2H3,(H,27,33). The molecule has 1 N–H and O–H groups in total. The first kappa shape index (κ1) is 23.8. The topological polar surface area (TPSA) is 98.6 Å². The smallest absolute Gasteiger partial charge is 0.249 e. The fourth-order valence-corrected chi connectivity index (χ4v) is 4.92. The second-order valence-electron chi connectivity index (χ2n) is 8.93. The lowest BCUT2D eigenvalue weighted by Gasteiger charge is -2.31. The highest BCUT2D eigenvalue weighted by atomic mass is 32.1. The minimum absolute atomic E-state index is 0.0872. The molecule has 5 rings (SSSR count). The molecule has 3 heterocycles. The van der Waals surface area contributed by atoms with Gasteiger partial charge in [-0.1, -0.05) is 37.3 Å². The lowest BCUT2D eigenvalue weighted by atomic mass is 10.1. The number of aromatic nitrogens is 3. The zero-order valence-electron chi connectivity index (χ0n) is 20.1. The maximum absolute atomic E-state index is 14.0. The van der Waals surface area contributed by atoms with Gasteiger partial charge in [0.15, 0.2) is 11.5 Å². The van der Waals surface area contributed by atoms with Gasteiger partial charge in [-0.15, -0.1) is 16.4 Å². The molecule has 0 saturated carbocycles. The minimum Gasteiger partial charge on any atom is -0.454 e. The van der Waals surface area contributed by atoms with Crippen LogP contribution in [0.3, 0.4) is 0 Å². The van der Waals surface area contributed by atoms with E-state index in [4.69, 9.17) is 9.47 Å². The van der Waals surface area contributed by atoms with Gasteiger partial charge in [-0.3, -0.25) is 14.5 Å². The Morgan fingerprint density at radius 3 is 2.75 bits per heavy atom. The number of fused-ring (bicyclic) bond motifs is 2. The number of amides is 2. The van der Waals surface area contributed by atoms with Crippen molar-refractivity contribution >= 4 is 39.9 Å². The van der Waals surface area contributed by atoms with Crippen LogP contribution in [0.1, 0.15) is 31.2 Å². The van der Waals surface area contributed by atoms with E-state index in [1.807, 2.05) is 41.8 Å². The van der Waals surface area contributed by atoms with E-state index in [0.29, 0.717) is 35.2 Å². The van der Waals surface area contributed by atoms with Crippen LogP contribution in [0, 0.1) is 5.92 Å². The zero-order chi connectivity index (χ0) is 25.1. The van der Waals surface area contributed by atoms with Crippen molar-refractivity contribution in [2.75, 3.05) is 18.2 Å². The number of hydrogen-bond acceptors (Lipinski definition) is 7. The Hall–Kier alpha value is -3.92. The van der Waals surface area contributed by atoms with Gasteiger partial charge >= 0.3 is 0 Å². The summed E-state index contributed by atoms with van der Waals surface area (Å²) < 4.78 is 12.6. The van der Waals surface area contributed by atoms with Crippen molar-refractivity contribution in [1.82, 2.24) is 20.3 Å². The number of nitrogens with one attached hydrogen (secondary N) is 1. The molecule has 0 aliphatic carbocycles. The molecule has 0 fully saturated rings. The number of nitrogens with zero attached hydrogens (tertiary/aromatic N) is 4. The van der Waals surface area contributed by atoms with E-state index in [9.17, 15) is 9.59 Å². The maximum Gasteiger partial charge on any atom is 0.249 e. The lowest BCUT2D eigenvalue weighted by Crippen LogP contribution is -2.45. The molecule has 186 valence electrons. The van der Waals surface area contributed by atoms with Crippen molar-refractivity contribution in [3.63, 3.8) is 0 Å². The summed E-state index contributed by atoms with van der Waals surface area (Å²) >= 11 is 1.43. The molecule has 4 aromatic rings. The van der Waals surface area contributed by atoms with Crippen LogP contribution in [-0.2, 0) is 16.1 Å². The molecule has 0 bridgehead atoms. The molecule has 0 spiro atoms. The molecule has 2 aromatic heterocycles. The van der Waals surface area contributed by atoms with Gasteiger partial charge < -0.3 is 14.8 Å². The van der Waals surface area contributed by atoms with Gasteiger partial charge in [0.1, 0.15) is 18.1 Å². The van der Waals surface area contributed by atoms with E-state index in [1.54, 1.807) is 22.9 Å². The van der Waals surface area contributed by atoms with E-state index < -0.39 is 6.04 Å². The molecule has 0 saturated heterocycles. The number of rotatable bonds is 9. The fraction of sp³-hybridized carbons (Fsp3) is 0.308. The molecule has 1 atom stereocenters. The third-order valence-corrected chi connectivity index (χ3v) is 6.87. The van der Waals surface area contributed by atoms with Crippen molar-refractivity contribution in [1.29, 1.82) is 0 Å². The molecule has 1 aliphatic heterocycles. The molecule has 1 unspecified atom stereocenters. The lowest BCUT2D eigenvalue weighted by molar-refractivity contribution is -0.126. The van der Waals surface area contributed by atoms with Crippen molar-refractivity contribution in [3.8, 4) is 11.5 Å². The summed E-state index contributed by atoms with van der Waals surface area (Å²) in [5.74, 6) is 1.02. The number of carbonyl (C=O) groups is 2. The fourth-order valence-electron chi connectivity index (χ4n) is 4.11. The highest BCUT2D eigenvalue weighted by Crippen LogP contribution is 2.39. The van der Waals surface area contributed by atoms with Crippen LogP contribution < -0.4 is 19.7 Å². The van der Waals surface area contributed by atoms with Crippen LogP contribution in [-0.4, -0.2) is 40.1 Å². The number of benzene rings is 2. The Bertz CT molecular complexity index is 1370. The van der Waals surface area contributed by atoms with Crippen LogP contribution in [0.4, 0.5) is 5.69 Å². The number of anilines is 1. The predicted molar refractivity (Wildman–Crippen MR) is 137 cm³/mol. The highest BCUT2D eigenvalue weighted by molar-refractivity contribution is 7.10. The zero-order valence-corrected chi connectivity index (χ0v) is 20.9. The predicted octanol–water partition coefficient (Wildman–Crippen LogP) is 4.16. The van der Waals surface area contributed by atoms with Crippen molar-refractivity contribution in [2.24, 2.45) is 5.92 Å². The molecule has 9 nitrogen and oxygen atoms in total. The van der Waals surface area contributed by atoms with Crippen molar-refractivity contribution in [3.05, 3.63) is 64.9 Å². The third kappa shape index (κ3) is 4.90. The van der Waals surface area contributed by atoms with E-state index >= 15 is 0 Å². The minimum atomic E-state index is -0.861. The summed E-state index contributed by atoms with van der Waals surface area (Å²) in [7, 11) is 0. The number of ether oxygens (including phenoxy) is 2. The monoisotopic (exact) mass is 505 g/mol. The van der Waals surface area contributed by atoms with Crippen LogP contribution in [0.25, 0.3) is 11.0 Å². The average molecular weight is 506 g/mol. The Morgan fingerprint density at radius 2 is 1.94 bits per heavy atom. The Balaban J connectivity index is 1.53. The van der Waals surface area contributed by atoms with Gasteiger partial charge in [0, 0.05) is 23.2 Å². The molecule has 10 heteroatoms. The summed E-state index contributed by atoms with van der Waals surface area (Å²) in [4.78, 5) is 29.8. The molecule has 0 radical (unpaired) electrons. The second-order valence-corrected chi connectivity index (χ2v) is 9.91. The number of hydrogen-bond donors (Lipinski definition) is 1. The van der Waals surface area contributed by atoms with E-state index in [-0.39, 0.29) is 25.2 Å². The van der Waals surface area contributed by atoms with Crippen LogP contribution in [0.5, 0.6) is 11.5 Å². The maximum atomic E-state index is 14.0. The molecule has 2 aromatic carbocycles. The third-order valence-electron chi connectivity index (χ3n) is 5.95. The molecular formula is C26H27N5O4S. The van der Waals surface area contributed by atoms with E-state index in [0.717, 1.165) is 16.8 Å². The number of thiophene rings is 1. The van der Waals surface area contributed by atoms with Gasteiger partial charge in [-0.05, 0) is 48.1 Å². The first-order valence-corrected chi connectivity index (χ1v) is 12.7. The number of para-hydroxylation sites is 1. The summed E-state index contributed by atoms with van der Waals surface area (Å²) in [6.07, 6.45) is 0.839. The Kier molecular flexibility index (Phi) is 6.86. The molecule has 1 aliphatic rings. The van der Waals surface area contributed by atoms with Gasteiger partial charge in [0.05, 0.1) is 5.52 Å². The largest absolute Gasteiger partial charge is 0.454 e. The van der Waals surface area contributed by atoms with Gasteiger partial charge in [-0.25, -0.2) is 4.68 Å². The normalized spacial score (nSPS) is 13.2. The summed E-state index contributed by atoms with van der Waals surface area (Å²) in [5.41, 5.74) is 1.97. The Morgan fingerprint density at radius 1 is 1.11 bits per heavy atom. The Labute approximate surface area is 212 Å². The highest BCUT2D eigenvalue weighted by Gasteiger charge is 2.34. The first-order chi connectivity index (χ1) is 17.5. The van der Waals surface area contributed by atoms with Crippen molar-refractivity contribution < 1.29 is 19.1 Å². The first-order valence-electron chi connectivity index (χ1n) is 11.8. The van der Waals surface area contributed by atoms with Gasteiger partial charge in [-0.2, -0.15) is 0 Å². The number of carbonyl (C=O) groups excluding carboxylic acids is 2. The van der Waals surface area contributed by atoms with Crippen LogP contribution in [0.2, 0.25) is 0 Å². The summed E-state index contributed by atoms with van der Waals surface area (Å²) in [5, 5.41) is 13.3. The molecular weight excluding hydrogens is 478 g/mol. The summed E-state index contributed by atoms with van der Waals surface area (Å²) in [6.45, 7) is 4.76. The van der Waals surface area contributed by atoms with Crippen molar-refractivity contribution in [2.45, 2.75) is 32.9 Å². The molecule has 36 heavy (non-hydrogen) atoms. The van der Waals surface area contributed by atoms with Crippen LogP contribution >= 0.6 is 11.3 Å². The van der Waals surface area contributed by atoms with E-state index in [2.05, 4.69) is 29.5 Å². The van der Waals surface area contributed by atoms with Gasteiger partial charge in [0.2, 0.25) is 18.6 Å². The average Bonchev–Trinajstić information content (AvgIpc) is 3.63. The SMILES string of the molecule is CC(C)CCNC(=O)C(c1cccs1)N(C(=O)Cn1nnc2ccccc21)c1ccc2c(c1)OCO2. The van der Waals surface area contributed by atoms with Gasteiger partial charge in [0.25, 0.3) is 0 Å². The quantitative estimate of drug-likeness (QED) is 0.367. The van der Waals surface area contributed by atoms with E-state index in [1.165, 1.54) is 16.2 Å². The van der Waals surface area contributed by atoms with Crippen LogP contribution in [0.15, 0.2) is 60.0 Å². The summed E-state index contributed by atoms with van der Waals surface area (Å²) in [6, 6.07) is 15.6. The second kappa shape index (κ2) is 10.4. The molecule has 2 amide bonds.